The lowest BCUT2D eigenvalue weighted by Gasteiger charge is -2.19. The van der Waals surface area contributed by atoms with Gasteiger partial charge < -0.3 is 19.7 Å². The highest BCUT2D eigenvalue weighted by Gasteiger charge is 2.38. The minimum atomic E-state index is -5.08. The topological polar surface area (TPSA) is 145 Å². The maximum absolute atomic E-state index is 11.2. The van der Waals surface area contributed by atoms with Gasteiger partial charge in [0.25, 0.3) is 5.91 Å². The van der Waals surface area contributed by atoms with Gasteiger partial charge in [-0.05, 0) is 43.3 Å². The van der Waals surface area contributed by atoms with Gasteiger partial charge in [0.1, 0.15) is 5.82 Å². The Labute approximate surface area is 225 Å². The van der Waals surface area contributed by atoms with Crippen LogP contribution in [-0.2, 0) is 27.3 Å². The van der Waals surface area contributed by atoms with Gasteiger partial charge in [-0.3, -0.25) is 10.0 Å². The molecule has 1 amide bonds. The Morgan fingerprint density at radius 3 is 1.95 bits per heavy atom. The summed E-state index contributed by atoms with van der Waals surface area (Å²) in [6.07, 6.45) is -3.95. The molecule has 0 bridgehead atoms. The molecule has 2 aromatic rings. The fourth-order valence-electron chi connectivity index (χ4n) is 3.07. The smallest absolute Gasteiger partial charge is 0.475 e. The van der Waals surface area contributed by atoms with Crippen molar-refractivity contribution in [1.29, 1.82) is 0 Å². The lowest BCUT2D eigenvalue weighted by Crippen LogP contribution is -2.27. The molecule has 0 unspecified atom stereocenters. The molecule has 0 fully saturated rings. The lowest BCUT2D eigenvalue weighted by molar-refractivity contribution is -0.193. The standard InChI is InChI=1S/C20H30N4O2.2C2HF3O2/c1-4-7-8-19-21-17-15-16(10-12-20(25)22-26)9-11-18(17)24(19)14-13-23(5-2)6-3;2*3-2(4,5)1(6)7/h9-12,15,26H,4-8,13-14H2,1-3H3,(H,22,25);2*(H,6,7)/b12-10+;;. The summed E-state index contributed by atoms with van der Waals surface area (Å²) >= 11 is 0. The van der Waals surface area contributed by atoms with Crippen molar-refractivity contribution in [2.75, 3.05) is 19.6 Å². The highest BCUT2D eigenvalue weighted by atomic mass is 19.4. The van der Waals surface area contributed by atoms with Crippen molar-refractivity contribution in [3.8, 4) is 0 Å². The zero-order valence-electron chi connectivity index (χ0n) is 22.0. The molecular weight excluding hydrogens is 554 g/mol. The van der Waals surface area contributed by atoms with Crippen molar-refractivity contribution >= 4 is 35.0 Å². The Balaban J connectivity index is 0.000000894. The third-order valence-electron chi connectivity index (χ3n) is 5.16. The largest absolute Gasteiger partial charge is 0.490 e. The number of carboxylic acids is 2. The van der Waals surface area contributed by atoms with Gasteiger partial charge >= 0.3 is 24.3 Å². The molecule has 0 radical (unpaired) electrons. The molecule has 0 saturated heterocycles. The Kier molecular flexibility index (Phi) is 15.6. The number of carboxylic acid groups (broad SMARTS) is 2. The van der Waals surface area contributed by atoms with Crippen molar-refractivity contribution < 1.29 is 56.1 Å². The van der Waals surface area contributed by atoms with Crippen LogP contribution >= 0.6 is 0 Å². The summed E-state index contributed by atoms with van der Waals surface area (Å²) in [6.45, 7) is 10.6. The van der Waals surface area contributed by atoms with Gasteiger partial charge in [0.15, 0.2) is 0 Å². The van der Waals surface area contributed by atoms with E-state index in [1.54, 1.807) is 11.6 Å². The molecule has 0 spiro atoms. The Morgan fingerprint density at radius 2 is 1.52 bits per heavy atom. The monoisotopic (exact) mass is 586 g/mol. The van der Waals surface area contributed by atoms with E-state index in [0.717, 1.165) is 67.9 Å². The van der Waals surface area contributed by atoms with Crippen molar-refractivity contribution in [3.05, 3.63) is 35.7 Å². The molecule has 4 N–H and O–H groups in total. The number of halogens is 6. The number of hydrogen-bond acceptors (Lipinski definition) is 6. The van der Waals surface area contributed by atoms with Gasteiger partial charge in [-0.1, -0.05) is 33.3 Å². The summed E-state index contributed by atoms with van der Waals surface area (Å²) < 4.78 is 65.8. The first-order valence-corrected chi connectivity index (χ1v) is 12.0. The van der Waals surface area contributed by atoms with Crippen LogP contribution in [-0.4, -0.2) is 79.7 Å². The van der Waals surface area contributed by atoms with E-state index in [9.17, 15) is 31.1 Å². The Morgan fingerprint density at radius 1 is 1.00 bits per heavy atom. The van der Waals surface area contributed by atoms with Crippen molar-refractivity contribution in [3.63, 3.8) is 0 Å². The number of nitrogens with zero attached hydrogens (tertiary/aromatic N) is 3. The maximum Gasteiger partial charge on any atom is 0.490 e. The van der Waals surface area contributed by atoms with Crippen LogP contribution in [0, 0.1) is 0 Å². The van der Waals surface area contributed by atoms with Crippen LogP contribution in [0.15, 0.2) is 24.3 Å². The van der Waals surface area contributed by atoms with Gasteiger partial charge in [-0.2, -0.15) is 26.3 Å². The molecule has 226 valence electrons. The summed E-state index contributed by atoms with van der Waals surface area (Å²) in [5, 5.41) is 22.8. The predicted molar refractivity (Wildman–Crippen MR) is 132 cm³/mol. The number of benzene rings is 1. The van der Waals surface area contributed by atoms with Gasteiger partial charge in [0.2, 0.25) is 0 Å². The first kappa shape index (κ1) is 36.3. The minimum absolute atomic E-state index is 0.543. The Hall–Kier alpha value is -3.66. The number of aromatic nitrogens is 2. The normalized spacial score (nSPS) is 11.6. The van der Waals surface area contributed by atoms with Crippen LogP contribution in [0.4, 0.5) is 26.3 Å². The molecule has 0 aliphatic heterocycles. The second-order valence-corrected chi connectivity index (χ2v) is 7.97. The zero-order valence-corrected chi connectivity index (χ0v) is 22.0. The molecular formula is C24H32F6N4O6. The number of amides is 1. The van der Waals surface area contributed by atoms with E-state index < -0.39 is 30.2 Å². The molecule has 0 atom stereocenters. The van der Waals surface area contributed by atoms with E-state index in [4.69, 9.17) is 30.0 Å². The average molecular weight is 587 g/mol. The molecule has 2 rings (SSSR count). The Bertz CT molecular complexity index is 1100. The number of nitrogens with one attached hydrogen (secondary N) is 1. The van der Waals surface area contributed by atoms with Crippen LogP contribution in [0.1, 0.15) is 45.0 Å². The van der Waals surface area contributed by atoms with E-state index in [2.05, 4.69) is 36.3 Å². The van der Waals surface area contributed by atoms with E-state index in [1.165, 1.54) is 6.08 Å². The second kappa shape index (κ2) is 17.1. The number of aliphatic carboxylic acids is 2. The fourth-order valence-corrected chi connectivity index (χ4v) is 3.07. The molecule has 0 saturated carbocycles. The number of imidazole rings is 1. The number of unbranched alkanes of at least 4 members (excludes halogenated alkanes) is 1. The lowest BCUT2D eigenvalue weighted by atomic mass is 10.2. The van der Waals surface area contributed by atoms with Crippen molar-refractivity contribution in [2.24, 2.45) is 0 Å². The van der Waals surface area contributed by atoms with Crippen LogP contribution < -0.4 is 5.48 Å². The van der Waals surface area contributed by atoms with Gasteiger partial charge in [-0.15, -0.1) is 0 Å². The fraction of sp³-hybridized carbons (Fsp3) is 0.500. The van der Waals surface area contributed by atoms with Crippen LogP contribution in [0.5, 0.6) is 0 Å². The SMILES string of the molecule is CCCCc1nc2cc(/C=C/C(=O)NO)ccc2n1CCN(CC)CC.O=C(O)C(F)(F)F.O=C(O)C(F)(F)F. The molecule has 1 aromatic heterocycles. The quantitative estimate of drug-likeness (QED) is 0.138. The predicted octanol–water partition coefficient (Wildman–Crippen LogP) is 4.51. The van der Waals surface area contributed by atoms with Crippen molar-refractivity contribution in [1.82, 2.24) is 19.9 Å². The first-order valence-electron chi connectivity index (χ1n) is 12.0. The van der Waals surface area contributed by atoms with E-state index >= 15 is 0 Å². The molecule has 40 heavy (non-hydrogen) atoms. The van der Waals surface area contributed by atoms with E-state index in [0.29, 0.717) is 0 Å². The van der Waals surface area contributed by atoms with Gasteiger partial charge in [0, 0.05) is 25.6 Å². The summed E-state index contributed by atoms with van der Waals surface area (Å²) in [5.74, 6) is -4.93. The van der Waals surface area contributed by atoms with Crippen LogP contribution in [0.3, 0.4) is 0 Å². The highest BCUT2D eigenvalue weighted by Crippen LogP contribution is 2.20. The summed E-state index contributed by atoms with van der Waals surface area (Å²) in [5.41, 5.74) is 4.56. The molecule has 0 aliphatic rings. The number of aryl methyl sites for hydroxylation is 1. The number of fused-ring (bicyclic) bond motifs is 1. The average Bonchev–Trinajstić information content (AvgIpc) is 3.22. The summed E-state index contributed by atoms with van der Waals surface area (Å²) in [6, 6.07) is 6.03. The molecule has 10 nitrogen and oxygen atoms in total. The zero-order chi connectivity index (χ0) is 31.1. The second-order valence-electron chi connectivity index (χ2n) is 7.97. The van der Waals surface area contributed by atoms with E-state index in [-0.39, 0.29) is 0 Å². The molecule has 1 heterocycles. The summed E-state index contributed by atoms with van der Waals surface area (Å²) in [4.78, 5) is 36.2. The third-order valence-corrected chi connectivity index (χ3v) is 5.16. The van der Waals surface area contributed by atoms with E-state index in [1.807, 2.05) is 12.1 Å². The molecule has 1 aromatic carbocycles. The number of likely N-dealkylation sites (N-methyl/N-ethyl adjacent to an activating group) is 1. The number of rotatable bonds is 10. The number of carbonyl (C=O) groups excluding carboxylic acids is 1. The maximum atomic E-state index is 11.2. The summed E-state index contributed by atoms with van der Waals surface area (Å²) in [7, 11) is 0. The minimum Gasteiger partial charge on any atom is -0.475 e. The van der Waals surface area contributed by atoms with Crippen molar-refractivity contribution in [2.45, 2.75) is 58.9 Å². The number of hydroxylamine groups is 1. The molecule has 16 heteroatoms. The van der Waals surface area contributed by atoms with Crippen LogP contribution in [0.2, 0.25) is 0 Å². The molecule has 0 aliphatic carbocycles. The highest BCUT2D eigenvalue weighted by molar-refractivity contribution is 5.91. The van der Waals surface area contributed by atoms with Gasteiger partial charge in [0.05, 0.1) is 11.0 Å². The first-order chi connectivity index (χ1) is 18.5. The number of hydrogen-bond donors (Lipinski definition) is 4. The number of alkyl halides is 6. The van der Waals surface area contributed by atoms with Crippen LogP contribution in [0.25, 0.3) is 17.1 Å². The third kappa shape index (κ3) is 13.4. The number of carbonyl (C=O) groups is 3. The van der Waals surface area contributed by atoms with Gasteiger partial charge in [-0.25, -0.2) is 20.1 Å².